The van der Waals surface area contributed by atoms with Crippen LogP contribution in [0.25, 0.3) is 21.9 Å². The highest BCUT2D eigenvalue weighted by atomic mass is 32.2. The number of carbonyl (C=O) groups is 1. The first-order chi connectivity index (χ1) is 15.3. The molecule has 0 bridgehead atoms. The average Bonchev–Trinajstić information content (AvgIpc) is 3.06. The molecule has 0 aliphatic heterocycles. The molecule has 2 N–H and O–H groups in total. The van der Waals surface area contributed by atoms with E-state index in [4.69, 9.17) is 4.98 Å². The number of rotatable bonds is 7. The molecule has 4 rings (SSSR count). The number of unbranched alkanes of at least 4 members (excludes halogenated alkanes) is 1. The van der Waals surface area contributed by atoms with Crippen LogP contribution in [0.15, 0.2) is 53.4 Å². The predicted molar refractivity (Wildman–Crippen MR) is 126 cm³/mol. The zero-order valence-electron chi connectivity index (χ0n) is 18.2. The van der Waals surface area contributed by atoms with Crippen molar-refractivity contribution in [2.75, 3.05) is 10.0 Å². The molecule has 0 aliphatic rings. The highest BCUT2D eigenvalue weighted by Crippen LogP contribution is 2.28. The van der Waals surface area contributed by atoms with E-state index >= 15 is 0 Å². The highest BCUT2D eigenvalue weighted by molar-refractivity contribution is 7.92. The number of pyridine rings is 1. The Kier molecular flexibility index (Phi) is 5.84. The van der Waals surface area contributed by atoms with Gasteiger partial charge in [0.25, 0.3) is 10.0 Å². The monoisotopic (exact) mass is 451 g/mol. The Balaban J connectivity index is 1.75. The summed E-state index contributed by atoms with van der Waals surface area (Å²) in [5.41, 5.74) is 3.12. The van der Waals surface area contributed by atoms with Crippen LogP contribution in [-0.4, -0.2) is 29.1 Å². The molecule has 0 spiro atoms. The lowest BCUT2D eigenvalue weighted by Gasteiger charge is -2.08. The summed E-state index contributed by atoms with van der Waals surface area (Å²) in [4.78, 5) is 16.0. The van der Waals surface area contributed by atoms with E-state index < -0.39 is 10.0 Å². The van der Waals surface area contributed by atoms with Crippen molar-refractivity contribution in [3.8, 4) is 0 Å². The maximum absolute atomic E-state index is 13.0. The van der Waals surface area contributed by atoms with E-state index in [1.54, 1.807) is 16.8 Å². The molecule has 9 heteroatoms. The molecule has 2 aromatic carbocycles. The number of hydrogen-bond acceptors (Lipinski definition) is 5. The predicted octanol–water partition coefficient (Wildman–Crippen LogP) is 4.45. The SMILES string of the molecule is CCCCn1nc(NS(=O)(=O)c2ccc(NC(C)=O)cc2)c2cc3ccc(C)cc3nc21. The van der Waals surface area contributed by atoms with Crippen molar-refractivity contribution in [2.24, 2.45) is 0 Å². The largest absolute Gasteiger partial charge is 0.326 e. The van der Waals surface area contributed by atoms with Crippen LogP contribution in [0.4, 0.5) is 11.5 Å². The lowest BCUT2D eigenvalue weighted by Crippen LogP contribution is -2.14. The summed E-state index contributed by atoms with van der Waals surface area (Å²) in [7, 11) is -3.88. The zero-order chi connectivity index (χ0) is 22.9. The first-order valence-electron chi connectivity index (χ1n) is 10.5. The third-order valence-corrected chi connectivity index (χ3v) is 6.47. The molecule has 0 radical (unpaired) electrons. The summed E-state index contributed by atoms with van der Waals surface area (Å²) in [5.74, 6) is 0.0229. The van der Waals surface area contributed by atoms with E-state index in [1.807, 2.05) is 31.2 Å². The minimum absolute atomic E-state index is 0.0761. The zero-order valence-corrected chi connectivity index (χ0v) is 19.0. The van der Waals surface area contributed by atoms with E-state index in [0.29, 0.717) is 23.3 Å². The molecule has 1 amide bonds. The van der Waals surface area contributed by atoms with Crippen molar-refractivity contribution in [1.82, 2.24) is 14.8 Å². The summed E-state index contributed by atoms with van der Waals surface area (Å²) < 4.78 is 30.5. The maximum atomic E-state index is 13.0. The van der Waals surface area contributed by atoms with Crippen LogP contribution >= 0.6 is 0 Å². The summed E-state index contributed by atoms with van der Waals surface area (Å²) in [6, 6.07) is 13.9. The number of sulfonamides is 1. The summed E-state index contributed by atoms with van der Waals surface area (Å²) >= 11 is 0. The number of aromatic nitrogens is 3. The summed E-state index contributed by atoms with van der Waals surface area (Å²) in [5, 5.41) is 8.73. The first kappa shape index (κ1) is 21.8. The maximum Gasteiger partial charge on any atom is 0.263 e. The highest BCUT2D eigenvalue weighted by Gasteiger charge is 2.20. The molecule has 166 valence electrons. The van der Waals surface area contributed by atoms with Crippen LogP contribution in [0, 0.1) is 6.92 Å². The fraction of sp³-hybridized carbons (Fsp3) is 0.261. The third kappa shape index (κ3) is 4.43. The lowest BCUT2D eigenvalue weighted by molar-refractivity contribution is -0.114. The standard InChI is InChI=1S/C23H25N5O3S/c1-4-5-12-28-23-20(14-17-7-6-15(2)13-21(17)25-23)22(26-28)27-32(30,31)19-10-8-18(9-11-19)24-16(3)29/h6-11,13-14H,4-5,12H2,1-3H3,(H,24,29)(H,26,27). The van der Waals surface area contributed by atoms with Crippen molar-refractivity contribution < 1.29 is 13.2 Å². The minimum Gasteiger partial charge on any atom is -0.326 e. The van der Waals surface area contributed by atoms with E-state index in [9.17, 15) is 13.2 Å². The fourth-order valence-electron chi connectivity index (χ4n) is 3.51. The van der Waals surface area contributed by atoms with Gasteiger partial charge in [-0.3, -0.25) is 9.52 Å². The molecule has 0 unspecified atom stereocenters. The van der Waals surface area contributed by atoms with Crippen LogP contribution < -0.4 is 10.0 Å². The number of benzene rings is 2. The van der Waals surface area contributed by atoms with Gasteiger partial charge in [0.2, 0.25) is 5.91 Å². The minimum atomic E-state index is -3.88. The Hall–Kier alpha value is -3.46. The molecular formula is C23H25N5O3S. The van der Waals surface area contributed by atoms with Crippen molar-refractivity contribution >= 4 is 49.4 Å². The molecular weight excluding hydrogens is 426 g/mol. The topological polar surface area (TPSA) is 106 Å². The Morgan fingerprint density at radius 1 is 1.09 bits per heavy atom. The Labute approximate surface area is 186 Å². The molecule has 32 heavy (non-hydrogen) atoms. The van der Waals surface area contributed by atoms with Gasteiger partial charge in [0.1, 0.15) is 0 Å². The average molecular weight is 452 g/mol. The van der Waals surface area contributed by atoms with Gasteiger partial charge in [-0.2, -0.15) is 5.10 Å². The quantitative estimate of drug-likeness (QED) is 0.432. The van der Waals surface area contributed by atoms with Gasteiger partial charge in [-0.05, 0) is 55.3 Å². The number of amides is 1. The number of nitrogens with one attached hydrogen (secondary N) is 2. The molecule has 4 aromatic rings. The number of aryl methyl sites for hydroxylation is 2. The van der Waals surface area contributed by atoms with Gasteiger partial charge in [-0.15, -0.1) is 0 Å². The number of fused-ring (bicyclic) bond motifs is 2. The molecule has 0 saturated heterocycles. The molecule has 0 aliphatic carbocycles. The van der Waals surface area contributed by atoms with Crippen LogP contribution in [0.2, 0.25) is 0 Å². The van der Waals surface area contributed by atoms with E-state index in [-0.39, 0.29) is 16.6 Å². The van der Waals surface area contributed by atoms with E-state index in [0.717, 1.165) is 29.3 Å². The second-order valence-corrected chi connectivity index (χ2v) is 9.47. The van der Waals surface area contributed by atoms with Crippen molar-refractivity contribution in [1.29, 1.82) is 0 Å². The van der Waals surface area contributed by atoms with E-state index in [1.165, 1.54) is 19.1 Å². The smallest absolute Gasteiger partial charge is 0.263 e. The molecule has 0 fully saturated rings. The molecule has 2 heterocycles. The molecule has 0 saturated carbocycles. The van der Waals surface area contributed by atoms with Gasteiger partial charge < -0.3 is 5.32 Å². The van der Waals surface area contributed by atoms with Gasteiger partial charge in [0.15, 0.2) is 11.5 Å². The van der Waals surface area contributed by atoms with Gasteiger partial charge in [-0.25, -0.2) is 18.1 Å². The summed E-state index contributed by atoms with van der Waals surface area (Å²) in [6.07, 6.45) is 1.89. The second kappa shape index (κ2) is 8.58. The van der Waals surface area contributed by atoms with Crippen LogP contribution in [0.3, 0.4) is 0 Å². The van der Waals surface area contributed by atoms with Crippen molar-refractivity contribution in [3.63, 3.8) is 0 Å². The molecule has 2 aromatic heterocycles. The fourth-order valence-corrected chi connectivity index (χ4v) is 4.52. The lowest BCUT2D eigenvalue weighted by atomic mass is 10.1. The van der Waals surface area contributed by atoms with Crippen molar-refractivity contribution in [3.05, 3.63) is 54.1 Å². The Morgan fingerprint density at radius 3 is 2.53 bits per heavy atom. The van der Waals surface area contributed by atoms with Gasteiger partial charge in [0, 0.05) is 24.5 Å². The normalized spacial score (nSPS) is 11.7. The number of nitrogens with zero attached hydrogens (tertiary/aromatic N) is 3. The molecule has 0 atom stereocenters. The second-order valence-electron chi connectivity index (χ2n) is 7.79. The number of anilines is 2. The number of hydrogen-bond donors (Lipinski definition) is 2. The van der Waals surface area contributed by atoms with E-state index in [2.05, 4.69) is 22.1 Å². The number of carbonyl (C=O) groups excluding carboxylic acids is 1. The van der Waals surface area contributed by atoms with Crippen LogP contribution in [-0.2, 0) is 21.4 Å². The summed E-state index contributed by atoms with van der Waals surface area (Å²) in [6.45, 7) is 6.14. The Bertz CT molecular complexity index is 1410. The van der Waals surface area contributed by atoms with Crippen molar-refractivity contribution in [2.45, 2.75) is 45.1 Å². The van der Waals surface area contributed by atoms with Crippen LogP contribution in [0.5, 0.6) is 0 Å². The third-order valence-electron chi connectivity index (χ3n) is 5.11. The van der Waals surface area contributed by atoms with Gasteiger partial charge in [0.05, 0.1) is 15.8 Å². The first-order valence-corrected chi connectivity index (χ1v) is 11.9. The molecule has 8 nitrogen and oxygen atoms in total. The van der Waals surface area contributed by atoms with Gasteiger partial charge in [-0.1, -0.05) is 25.5 Å². The van der Waals surface area contributed by atoms with Gasteiger partial charge >= 0.3 is 0 Å². The van der Waals surface area contributed by atoms with Crippen LogP contribution in [0.1, 0.15) is 32.3 Å². The Morgan fingerprint density at radius 2 is 1.84 bits per heavy atom.